The first-order valence-electron chi connectivity index (χ1n) is 8.29. The molecular weight excluding hydrogens is 330 g/mol. The van der Waals surface area contributed by atoms with Crippen molar-refractivity contribution in [1.82, 2.24) is 0 Å². The van der Waals surface area contributed by atoms with E-state index in [-0.39, 0.29) is 0 Å². The normalized spacial score (nSPS) is 13.8. The first-order valence-corrected chi connectivity index (χ1v) is 9.17. The topological polar surface area (TPSA) is 49.9 Å². The molecule has 126 valence electrons. The van der Waals surface area contributed by atoms with Crippen LogP contribution in [0.4, 0.5) is 11.4 Å². The molecular formula is C20H19N3OS. The molecule has 1 N–H and O–H groups in total. The molecule has 25 heavy (non-hydrogen) atoms. The number of nitrogens with zero attached hydrogens (tertiary/aromatic N) is 2. The number of aryl methyl sites for hydroxylation is 1. The Kier molecular flexibility index (Phi) is 4.01. The van der Waals surface area contributed by atoms with Gasteiger partial charge in [0, 0.05) is 0 Å². The first-order chi connectivity index (χ1) is 12.1. The number of anilines is 1. The van der Waals surface area contributed by atoms with Crippen molar-refractivity contribution < 1.29 is 4.42 Å². The van der Waals surface area contributed by atoms with Crippen LogP contribution in [0, 0.1) is 6.92 Å². The van der Waals surface area contributed by atoms with E-state index < -0.39 is 0 Å². The quantitative estimate of drug-likeness (QED) is 0.657. The summed E-state index contributed by atoms with van der Waals surface area (Å²) < 4.78 is 5.79. The van der Waals surface area contributed by atoms with Gasteiger partial charge in [0.15, 0.2) is 17.4 Å². The molecule has 0 saturated carbocycles. The van der Waals surface area contributed by atoms with Crippen LogP contribution in [0.3, 0.4) is 0 Å². The van der Waals surface area contributed by atoms with E-state index in [0.717, 1.165) is 22.0 Å². The van der Waals surface area contributed by atoms with E-state index in [1.807, 2.05) is 36.6 Å². The molecule has 1 aliphatic heterocycles. The van der Waals surface area contributed by atoms with Gasteiger partial charge in [-0.1, -0.05) is 26.0 Å². The summed E-state index contributed by atoms with van der Waals surface area (Å²) in [5.74, 6) is 3.39. The summed E-state index contributed by atoms with van der Waals surface area (Å²) in [6, 6.07) is 14.2. The highest BCUT2D eigenvalue weighted by Crippen LogP contribution is 2.32. The third kappa shape index (κ3) is 3.15. The molecule has 0 atom stereocenters. The molecule has 0 radical (unpaired) electrons. The zero-order valence-electron chi connectivity index (χ0n) is 14.4. The molecule has 2 aromatic heterocycles. The highest BCUT2D eigenvalue weighted by atomic mass is 32.1. The van der Waals surface area contributed by atoms with Crippen LogP contribution in [0.1, 0.15) is 41.7 Å². The van der Waals surface area contributed by atoms with Gasteiger partial charge in [-0.25, -0.2) is 9.98 Å². The summed E-state index contributed by atoms with van der Waals surface area (Å²) >= 11 is 1.63. The second-order valence-corrected chi connectivity index (χ2v) is 7.29. The molecule has 0 spiro atoms. The summed E-state index contributed by atoms with van der Waals surface area (Å²) in [5.41, 5.74) is 3.09. The first kappa shape index (κ1) is 15.8. The van der Waals surface area contributed by atoms with Crippen molar-refractivity contribution in [2.75, 3.05) is 5.32 Å². The number of amidine groups is 2. The molecule has 3 aromatic rings. The third-order valence-corrected chi connectivity index (χ3v) is 4.97. The lowest BCUT2D eigenvalue weighted by Gasteiger charge is -2.11. The Morgan fingerprint density at radius 2 is 1.96 bits per heavy atom. The fourth-order valence-electron chi connectivity index (χ4n) is 2.71. The van der Waals surface area contributed by atoms with Crippen molar-refractivity contribution in [1.29, 1.82) is 0 Å². The van der Waals surface area contributed by atoms with Gasteiger partial charge in [0.25, 0.3) is 0 Å². The van der Waals surface area contributed by atoms with E-state index in [2.05, 4.69) is 37.4 Å². The number of aliphatic imine (C=N–C) groups is 2. The van der Waals surface area contributed by atoms with Crippen molar-refractivity contribution in [2.24, 2.45) is 9.98 Å². The van der Waals surface area contributed by atoms with E-state index in [1.54, 1.807) is 11.3 Å². The summed E-state index contributed by atoms with van der Waals surface area (Å²) in [4.78, 5) is 10.6. The second kappa shape index (κ2) is 6.33. The van der Waals surface area contributed by atoms with Gasteiger partial charge in [0.05, 0.1) is 16.3 Å². The van der Waals surface area contributed by atoms with Crippen LogP contribution in [-0.2, 0) is 0 Å². The van der Waals surface area contributed by atoms with Crippen molar-refractivity contribution in [2.45, 2.75) is 26.7 Å². The number of furan rings is 1. The van der Waals surface area contributed by atoms with E-state index in [4.69, 9.17) is 14.4 Å². The summed E-state index contributed by atoms with van der Waals surface area (Å²) in [7, 11) is 0. The van der Waals surface area contributed by atoms with Gasteiger partial charge in [0.1, 0.15) is 5.76 Å². The molecule has 1 aliphatic rings. The minimum absolute atomic E-state index is 0.447. The van der Waals surface area contributed by atoms with Gasteiger partial charge < -0.3 is 9.73 Å². The largest absolute Gasteiger partial charge is 0.458 e. The fourth-order valence-corrected chi connectivity index (χ4v) is 3.36. The van der Waals surface area contributed by atoms with Crippen molar-refractivity contribution in [3.05, 3.63) is 69.8 Å². The minimum Gasteiger partial charge on any atom is -0.458 e. The molecule has 0 fully saturated rings. The maximum atomic E-state index is 5.79. The van der Waals surface area contributed by atoms with Gasteiger partial charge in [0.2, 0.25) is 0 Å². The number of thiophene rings is 1. The maximum Gasteiger partial charge on any atom is 0.176 e. The maximum absolute atomic E-state index is 5.79. The molecule has 0 bridgehead atoms. The minimum atomic E-state index is 0.447. The van der Waals surface area contributed by atoms with Crippen LogP contribution in [0.15, 0.2) is 62.2 Å². The van der Waals surface area contributed by atoms with Crippen LogP contribution in [0.2, 0.25) is 0 Å². The molecule has 0 saturated heterocycles. The lowest BCUT2D eigenvalue weighted by atomic mass is 10.0. The number of fused-ring (bicyclic) bond motifs is 1. The third-order valence-electron chi connectivity index (χ3n) is 4.10. The highest BCUT2D eigenvalue weighted by Gasteiger charge is 2.18. The van der Waals surface area contributed by atoms with Crippen LogP contribution < -0.4 is 5.32 Å². The summed E-state index contributed by atoms with van der Waals surface area (Å²) in [5, 5.41) is 5.46. The molecule has 4 rings (SSSR count). The number of nitrogens with one attached hydrogen (secondary N) is 1. The SMILES string of the molecule is Cc1ccc(C2=NC(c3cccs3)=Nc3ccc(C(C)C)cc3N2)o1. The van der Waals surface area contributed by atoms with E-state index in [0.29, 0.717) is 23.3 Å². The lowest BCUT2D eigenvalue weighted by molar-refractivity contribution is 0.526. The number of hydrogen-bond donors (Lipinski definition) is 1. The molecule has 0 unspecified atom stereocenters. The fraction of sp³-hybridized carbons (Fsp3) is 0.200. The Balaban J connectivity index is 1.87. The molecule has 0 aliphatic carbocycles. The Labute approximate surface area is 151 Å². The smallest absolute Gasteiger partial charge is 0.176 e. The van der Waals surface area contributed by atoms with Gasteiger partial charge in [-0.3, -0.25) is 0 Å². The van der Waals surface area contributed by atoms with Crippen molar-refractivity contribution in [3.63, 3.8) is 0 Å². The Morgan fingerprint density at radius 3 is 2.64 bits per heavy atom. The number of rotatable bonds is 3. The van der Waals surface area contributed by atoms with E-state index in [1.165, 1.54) is 5.56 Å². The van der Waals surface area contributed by atoms with Gasteiger partial charge in [-0.05, 0) is 54.1 Å². The standard InChI is InChI=1S/C20H19N3OS/c1-12(2)14-7-8-15-16(11-14)22-19(17-9-6-13(3)24-17)23-20(21-15)18-5-4-10-25-18/h4-12H,1-3H3,(H,21,22,23). The van der Waals surface area contributed by atoms with Gasteiger partial charge >= 0.3 is 0 Å². The van der Waals surface area contributed by atoms with Crippen LogP contribution in [0.25, 0.3) is 0 Å². The van der Waals surface area contributed by atoms with Crippen LogP contribution >= 0.6 is 11.3 Å². The lowest BCUT2D eigenvalue weighted by Crippen LogP contribution is -2.14. The second-order valence-electron chi connectivity index (χ2n) is 6.34. The average Bonchev–Trinajstić information content (AvgIpc) is 3.22. The zero-order chi connectivity index (χ0) is 17.4. The Bertz CT molecular complexity index is 965. The van der Waals surface area contributed by atoms with E-state index in [9.17, 15) is 0 Å². The predicted molar refractivity (Wildman–Crippen MR) is 105 cm³/mol. The van der Waals surface area contributed by atoms with Gasteiger partial charge in [-0.2, -0.15) is 0 Å². The van der Waals surface area contributed by atoms with Crippen LogP contribution in [-0.4, -0.2) is 11.7 Å². The molecule has 1 aromatic carbocycles. The number of benzene rings is 1. The predicted octanol–water partition coefficient (Wildman–Crippen LogP) is 5.72. The Hall–Kier alpha value is -2.66. The zero-order valence-corrected chi connectivity index (χ0v) is 15.2. The monoisotopic (exact) mass is 349 g/mol. The molecule has 0 amide bonds. The van der Waals surface area contributed by atoms with Crippen molar-refractivity contribution >= 4 is 34.4 Å². The summed E-state index contributed by atoms with van der Waals surface area (Å²) in [6.07, 6.45) is 0. The van der Waals surface area contributed by atoms with Crippen molar-refractivity contribution in [3.8, 4) is 0 Å². The van der Waals surface area contributed by atoms with E-state index >= 15 is 0 Å². The molecule has 4 nitrogen and oxygen atoms in total. The average molecular weight is 349 g/mol. The number of hydrogen-bond acceptors (Lipinski definition) is 5. The molecule has 3 heterocycles. The highest BCUT2D eigenvalue weighted by molar-refractivity contribution is 7.12. The summed E-state index contributed by atoms with van der Waals surface area (Å²) in [6.45, 7) is 6.30. The van der Waals surface area contributed by atoms with Gasteiger partial charge in [-0.15, -0.1) is 11.3 Å². The Morgan fingerprint density at radius 1 is 1.08 bits per heavy atom. The molecule has 5 heteroatoms. The van der Waals surface area contributed by atoms with Crippen LogP contribution in [0.5, 0.6) is 0 Å².